The predicted octanol–water partition coefficient (Wildman–Crippen LogP) is 8.38. The van der Waals surface area contributed by atoms with E-state index in [0.29, 0.717) is 54.1 Å². The summed E-state index contributed by atoms with van der Waals surface area (Å²) < 4.78 is 11.2. The Labute approximate surface area is 292 Å². The number of ketones is 1. The molecule has 6 aromatic carbocycles. The molecular formula is C43H38N2O5. The molecule has 50 heavy (non-hydrogen) atoms. The fourth-order valence-electron chi connectivity index (χ4n) is 5.96. The minimum Gasteiger partial charge on any atom is -0.494 e. The minimum atomic E-state index is -0.722. The number of nitrogens with one attached hydrogen (secondary N) is 1. The van der Waals surface area contributed by atoms with Gasteiger partial charge in [0.05, 0.1) is 13.7 Å². The van der Waals surface area contributed by atoms with Crippen molar-refractivity contribution in [2.75, 3.05) is 30.5 Å². The van der Waals surface area contributed by atoms with Crippen molar-refractivity contribution in [1.82, 2.24) is 0 Å². The maximum Gasteiger partial charge on any atom is 0.328 e. The van der Waals surface area contributed by atoms with Crippen LogP contribution in [0.15, 0.2) is 152 Å². The highest BCUT2D eigenvalue weighted by Gasteiger charge is 2.23. The second-order valence-electron chi connectivity index (χ2n) is 11.8. The number of nitrogens with zero attached hydrogens (tertiary/aromatic N) is 1. The number of ether oxygens (including phenoxy) is 2. The SMILES string of the molecule is COC(=O)[C@H](Cc1ccc(OCCCN(C(=O)c2cccc3ccccc23)c2ccccc2)cc1)Nc1ccccc1C(=O)c1ccccc1. The van der Waals surface area contributed by atoms with E-state index in [0.717, 1.165) is 22.0 Å². The Bertz CT molecular complexity index is 2060. The van der Waals surface area contributed by atoms with Crippen molar-refractivity contribution in [2.45, 2.75) is 18.9 Å². The summed E-state index contributed by atoms with van der Waals surface area (Å²) in [6.45, 7) is 0.884. The van der Waals surface area contributed by atoms with Crippen LogP contribution in [0.4, 0.5) is 11.4 Å². The van der Waals surface area contributed by atoms with Crippen LogP contribution in [0.2, 0.25) is 0 Å². The second-order valence-corrected chi connectivity index (χ2v) is 11.8. The molecule has 7 heteroatoms. The van der Waals surface area contributed by atoms with E-state index in [4.69, 9.17) is 9.47 Å². The smallest absolute Gasteiger partial charge is 0.328 e. The third-order valence-electron chi connectivity index (χ3n) is 8.51. The van der Waals surface area contributed by atoms with Crippen molar-refractivity contribution in [3.63, 3.8) is 0 Å². The average Bonchev–Trinajstić information content (AvgIpc) is 3.18. The maximum absolute atomic E-state index is 13.9. The Balaban J connectivity index is 1.09. The number of amides is 1. The van der Waals surface area contributed by atoms with E-state index >= 15 is 0 Å². The summed E-state index contributed by atoms with van der Waals surface area (Å²) in [6, 6.07) is 46.4. The Morgan fingerprint density at radius 2 is 1.32 bits per heavy atom. The molecule has 1 N–H and O–H groups in total. The van der Waals surface area contributed by atoms with E-state index < -0.39 is 12.0 Å². The van der Waals surface area contributed by atoms with E-state index in [1.54, 1.807) is 35.2 Å². The van der Waals surface area contributed by atoms with E-state index in [1.807, 2.05) is 121 Å². The second kappa shape index (κ2) is 16.3. The normalized spacial score (nSPS) is 11.4. The predicted molar refractivity (Wildman–Crippen MR) is 198 cm³/mol. The van der Waals surface area contributed by atoms with Gasteiger partial charge in [-0.2, -0.15) is 0 Å². The number of hydrogen-bond acceptors (Lipinski definition) is 6. The van der Waals surface area contributed by atoms with Gasteiger partial charge in [-0.1, -0.05) is 109 Å². The molecule has 6 rings (SSSR count). The zero-order valence-corrected chi connectivity index (χ0v) is 27.8. The van der Waals surface area contributed by atoms with Crippen molar-refractivity contribution >= 4 is 39.8 Å². The average molecular weight is 663 g/mol. The van der Waals surface area contributed by atoms with Gasteiger partial charge in [-0.25, -0.2) is 4.79 Å². The molecule has 0 saturated heterocycles. The van der Waals surface area contributed by atoms with Gasteiger partial charge in [-0.3, -0.25) is 9.59 Å². The summed E-state index contributed by atoms with van der Waals surface area (Å²) in [5.74, 6) is 0.0527. The Hall–Kier alpha value is -6.21. The molecule has 0 radical (unpaired) electrons. The number of hydrogen-bond donors (Lipinski definition) is 1. The van der Waals surface area contributed by atoms with Crippen LogP contribution in [-0.4, -0.2) is 44.0 Å². The van der Waals surface area contributed by atoms with Gasteiger partial charge in [0.2, 0.25) is 0 Å². The highest BCUT2D eigenvalue weighted by Crippen LogP contribution is 2.25. The molecule has 250 valence electrons. The molecule has 0 heterocycles. The number of esters is 1. The summed E-state index contributed by atoms with van der Waals surface area (Å²) in [7, 11) is 1.35. The molecule has 0 spiro atoms. The van der Waals surface area contributed by atoms with Crippen LogP contribution in [-0.2, 0) is 16.0 Å². The molecule has 0 fully saturated rings. The van der Waals surface area contributed by atoms with Crippen molar-refractivity contribution in [3.05, 3.63) is 174 Å². The largest absolute Gasteiger partial charge is 0.494 e. The van der Waals surface area contributed by atoms with Crippen LogP contribution >= 0.6 is 0 Å². The van der Waals surface area contributed by atoms with Crippen molar-refractivity contribution in [1.29, 1.82) is 0 Å². The van der Waals surface area contributed by atoms with E-state index in [-0.39, 0.29) is 11.7 Å². The van der Waals surface area contributed by atoms with Crippen molar-refractivity contribution in [2.24, 2.45) is 0 Å². The van der Waals surface area contributed by atoms with Gasteiger partial charge in [0.1, 0.15) is 11.8 Å². The third-order valence-corrected chi connectivity index (χ3v) is 8.51. The maximum atomic E-state index is 13.9. The molecule has 0 aliphatic rings. The zero-order valence-electron chi connectivity index (χ0n) is 27.8. The Kier molecular flexibility index (Phi) is 11.0. The molecule has 0 saturated carbocycles. The monoisotopic (exact) mass is 662 g/mol. The fourth-order valence-corrected chi connectivity index (χ4v) is 5.96. The molecular weight excluding hydrogens is 624 g/mol. The minimum absolute atomic E-state index is 0.0572. The van der Waals surface area contributed by atoms with Crippen LogP contribution < -0.4 is 15.0 Å². The molecule has 0 aliphatic heterocycles. The van der Waals surface area contributed by atoms with Gasteiger partial charge < -0.3 is 19.7 Å². The first kappa shape index (κ1) is 33.7. The van der Waals surface area contributed by atoms with Gasteiger partial charge in [0.25, 0.3) is 5.91 Å². The number of rotatable bonds is 14. The topological polar surface area (TPSA) is 84.9 Å². The van der Waals surface area contributed by atoms with Gasteiger partial charge in [-0.15, -0.1) is 0 Å². The van der Waals surface area contributed by atoms with Crippen molar-refractivity contribution in [3.8, 4) is 5.75 Å². The lowest BCUT2D eigenvalue weighted by Crippen LogP contribution is -2.33. The summed E-state index contributed by atoms with van der Waals surface area (Å²) in [6.07, 6.45) is 0.950. The lowest BCUT2D eigenvalue weighted by molar-refractivity contribution is -0.141. The van der Waals surface area contributed by atoms with E-state index in [9.17, 15) is 14.4 Å². The summed E-state index contributed by atoms with van der Waals surface area (Å²) in [4.78, 5) is 41.8. The number of anilines is 2. The molecule has 6 aromatic rings. The van der Waals surface area contributed by atoms with Crippen LogP contribution in [0, 0.1) is 0 Å². The van der Waals surface area contributed by atoms with Crippen LogP contribution in [0.25, 0.3) is 10.8 Å². The first-order valence-corrected chi connectivity index (χ1v) is 16.6. The van der Waals surface area contributed by atoms with E-state index in [1.165, 1.54) is 7.11 Å². The van der Waals surface area contributed by atoms with Crippen LogP contribution in [0.5, 0.6) is 5.75 Å². The van der Waals surface area contributed by atoms with E-state index in [2.05, 4.69) is 5.32 Å². The quantitative estimate of drug-likeness (QED) is 0.0717. The van der Waals surface area contributed by atoms with Gasteiger partial charge >= 0.3 is 5.97 Å². The summed E-state index contributed by atoms with van der Waals surface area (Å²) in [5, 5.41) is 5.20. The molecule has 0 bridgehead atoms. The van der Waals surface area contributed by atoms with Gasteiger partial charge in [0.15, 0.2) is 5.78 Å². The van der Waals surface area contributed by atoms with Gasteiger partial charge in [0, 0.05) is 41.0 Å². The highest BCUT2D eigenvalue weighted by molar-refractivity contribution is 6.14. The molecule has 7 nitrogen and oxygen atoms in total. The zero-order chi connectivity index (χ0) is 34.7. The number of benzene rings is 6. The summed E-state index contributed by atoms with van der Waals surface area (Å²) in [5.41, 5.74) is 3.98. The van der Waals surface area contributed by atoms with Gasteiger partial charge in [-0.05, 0) is 65.2 Å². The highest BCUT2D eigenvalue weighted by atomic mass is 16.5. The third kappa shape index (κ3) is 8.08. The fraction of sp³-hybridized carbons (Fsp3) is 0.140. The van der Waals surface area contributed by atoms with Crippen molar-refractivity contribution < 1.29 is 23.9 Å². The molecule has 0 unspecified atom stereocenters. The number of carbonyl (C=O) groups excluding carboxylic acids is 3. The lowest BCUT2D eigenvalue weighted by atomic mass is 10.00. The van der Waals surface area contributed by atoms with Crippen LogP contribution in [0.1, 0.15) is 38.3 Å². The molecule has 1 atom stereocenters. The number of methoxy groups -OCH3 is 1. The first-order valence-electron chi connectivity index (χ1n) is 16.6. The standard InChI is InChI=1S/C43H38N2O5/c1-49-43(48)40(44-39-23-11-10-21-38(39)41(46)33-15-4-2-5-16-33)30-31-24-26-35(27-25-31)50-29-13-28-45(34-18-6-3-7-19-34)42(47)37-22-12-17-32-14-8-9-20-36(32)37/h2-12,14-27,40,44H,13,28-30H2,1H3/t40-/m0/s1. The molecule has 0 aliphatic carbocycles. The Morgan fingerprint density at radius 3 is 2.08 bits per heavy atom. The van der Waals surface area contributed by atoms with Crippen LogP contribution in [0.3, 0.4) is 0 Å². The number of fused-ring (bicyclic) bond motifs is 1. The number of carbonyl (C=O) groups is 3. The number of para-hydroxylation sites is 2. The lowest BCUT2D eigenvalue weighted by Gasteiger charge is -2.24. The molecule has 1 amide bonds. The molecule has 0 aromatic heterocycles. The first-order chi connectivity index (χ1) is 24.5. The summed E-state index contributed by atoms with van der Waals surface area (Å²) >= 11 is 0. The Morgan fingerprint density at radius 1 is 0.680 bits per heavy atom.